The van der Waals surface area contributed by atoms with E-state index in [-0.39, 0.29) is 18.3 Å². The van der Waals surface area contributed by atoms with Gasteiger partial charge in [-0.05, 0) is 56.6 Å². The summed E-state index contributed by atoms with van der Waals surface area (Å²) in [5.74, 6) is 1.71. The summed E-state index contributed by atoms with van der Waals surface area (Å²) in [6, 6.07) is 8.05. The van der Waals surface area contributed by atoms with E-state index in [4.69, 9.17) is 4.74 Å². The predicted molar refractivity (Wildman–Crippen MR) is 122 cm³/mol. The third-order valence-corrected chi connectivity index (χ3v) is 6.21. The molecule has 1 heterocycles. The molecule has 3 rings (SSSR count). The molecule has 1 aromatic heterocycles. The number of aryl methyl sites for hydroxylation is 2. The first kappa shape index (κ1) is 23.3. The molecule has 1 N–H and O–H groups in total. The Morgan fingerprint density at radius 1 is 1.16 bits per heavy atom. The quantitative estimate of drug-likeness (QED) is 0.396. The van der Waals surface area contributed by atoms with Crippen LogP contribution in [0.5, 0.6) is 5.75 Å². The topological polar surface area (TPSA) is 86.1 Å². The third-order valence-electron chi connectivity index (χ3n) is 5.57. The summed E-state index contributed by atoms with van der Waals surface area (Å²) >= 11 is 1.64. The lowest BCUT2D eigenvalue weighted by Gasteiger charge is -2.16. The van der Waals surface area contributed by atoms with Crippen LogP contribution in [0.3, 0.4) is 0 Å². The number of thioether (sulfide) groups is 1. The number of amides is 1. The van der Waals surface area contributed by atoms with Crippen LogP contribution in [0.25, 0.3) is 0 Å². The van der Waals surface area contributed by atoms with Gasteiger partial charge in [-0.3, -0.25) is 4.79 Å². The van der Waals surface area contributed by atoms with E-state index in [1.807, 2.05) is 30.5 Å². The molecule has 31 heavy (non-hydrogen) atoms. The van der Waals surface area contributed by atoms with Gasteiger partial charge in [0.15, 0.2) is 11.8 Å². The first-order chi connectivity index (χ1) is 15.1. The molecule has 8 heteroatoms. The van der Waals surface area contributed by atoms with Gasteiger partial charge in [0.1, 0.15) is 17.4 Å². The van der Waals surface area contributed by atoms with Crippen LogP contribution in [0.4, 0.5) is 0 Å². The maximum atomic E-state index is 12.1. The Kier molecular flexibility index (Phi) is 8.94. The molecule has 0 aliphatic heterocycles. The zero-order valence-corrected chi connectivity index (χ0v) is 19.2. The number of rotatable bonds is 12. The maximum absolute atomic E-state index is 12.1. The van der Waals surface area contributed by atoms with Crippen molar-refractivity contribution >= 4 is 23.5 Å². The van der Waals surface area contributed by atoms with Crippen molar-refractivity contribution < 1.29 is 14.3 Å². The lowest BCUT2D eigenvalue weighted by molar-refractivity contribution is -0.123. The highest BCUT2D eigenvalue weighted by atomic mass is 32.2. The van der Waals surface area contributed by atoms with Gasteiger partial charge in [-0.25, -0.2) is 0 Å². The maximum Gasteiger partial charge on any atom is 0.257 e. The molecule has 0 spiro atoms. The minimum Gasteiger partial charge on any atom is -0.484 e. The SMILES string of the molecule is CSc1nnc(CCCNC(=O)COc2ccc(CCC(C)=O)cc2)n1C1CCCC1. The molecule has 0 unspecified atom stereocenters. The molecule has 1 aliphatic rings. The summed E-state index contributed by atoms with van der Waals surface area (Å²) in [7, 11) is 0. The zero-order chi connectivity index (χ0) is 22.1. The van der Waals surface area contributed by atoms with Crippen molar-refractivity contribution in [3.63, 3.8) is 0 Å². The van der Waals surface area contributed by atoms with Gasteiger partial charge >= 0.3 is 0 Å². The number of Topliss-reactive ketones (excluding diaryl/α,β-unsaturated/α-hetero) is 1. The van der Waals surface area contributed by atoms with Gasteiger partial charge in [0.2, 0.25) is 0 Å². The van der Waals surface area contributed by atoms with Gasteiger partial charge in [0.05, 0.1) is 0 Å². The molecule has 0 radical (unpaired) electrons. The normalized spacial score (nSPS) is 14.0. The van der Waals surface area contributed by atoms with Crippen molar-refractivity contribution in [2.45, 2.75) is 69.5 Å². The van der Waals surface area contributed by atoms with Gasteiger partial charge in [-0.15, -0.1) is 10.2 Å². The summed E-state index contributed by atoms with van der Waals surface area (Å²) in [6.45, 7) is 2.16. The summed E-state index contributed by atoms with van der Waals surface area (Å²) in [6.07, 6.45) is 9.86. The summed E-state index contributed by atoms with van der Waals surface area (Å²) < 4.78 is 7.87. The van der Waals surface area contributed by atoms with Crippen molar-refractivity contribution in [3.8, 4) is 5.75 Å². The fraction of sp³-hybridized carbons (Fsp3) is 0.565. The summed E-state index contributed by atoms with van der Waals surface area (Å²) in [5.41, 5.74) is 1.09. The van der Waals surface area contributed by atoms with Gasteiger partial charge in [0, 0.05) is 25.4 Å². The molecule has 0 saturated heterocycles. The van der Waals surface area contributed by atoms with Crippen molar-refractivity contribution in [1.82, 2.24) is 20.1 Å². The standard InChI is InChI=1S/C23H32N4O3S/c1-17(28)9-10-18-11-13-20(14-12-18)30-16-22(29)24-15-5-8-21-25-26-23(31-2)27(21)19-6-3-4-7-19/h11-14,19H,3-10,15-16H2,1-2H3,(H,24,29). The Balaban J connectivity index is 1.37. The molecule has 7 nitrogen and oxygen atoms in total. The Morgan fingerprint density at radius 3 is 2.58 bits per heavy atom. The fourth-order valence-electron chi connectivity index (χ4n) is 3.89. The monoisotopic (exact) mass is 444 g/mol. The first-order valence-corrected chi connectivity index (χ1v) is 12.2. The molecule has 1 amide bonds. The Labute approximate surface area is 188 Å². The van der Waals surface area contributed by atoms with Crippen LogP contribution in [0.15, 0.2) is 29.4 Å². The van der Waals surface area contributed by atoms with Crippen LogP contribution in [-0.2, 0) is 22.4 Å². The molecule has 1 aromatic carbocycles. The van der Waals surface area contributed by atoms with E-state index in [0.29, 0.717) is 24.8 Å². The molecule has 0 atom stereocenters. The zero-order valence-electron chi connectivity index (χ0n) is 18.4. The number of carbonyl (C=O) groups is 2. The van der Waals surface area contributed by atoms with Crippen molar-refractivity contribution in [2.75, 3.05) is 19.4 Å². The molecule has 1 fully saturated rings. The van der Waals surface area contributed by atoms with Gasteiger partial charge in [-0.2, -0.15) is 0 Å². The average Bonchev–Trinajstić information content (AvgIpc) is 3.43. The molecule has 1 aliphatic carbocycles. The molecule has 1 saturated carbocycles. The summed E-state index contributed by atoms with van der Waals surface area (Å²) in [4.78, 5) is 23.2. The minimum atomic E-state index is -0.136. The fourth-order valence-corrected chi connectivity index (χ4v) is 4.47. The lowest BCUT2D eigenvalue weighted by Crippen LogP contribution is -2.30. The van der Waals surface area contributed by atoms with Crippen LogP contribution < -0.4 is 10.1 Å². The highest BCUT2D eigenvalue weighted by Gasteiger charge is 2.23. The number of aromatic nitrogens is 3. The number of ketones is 1. The first-order valence-electron chi connectivity index (χ1n) is 11.0. The lowest BCUT2D eigenvalue weighted by atomic mass is 10.1. The number of benzene rings is 1. The van der Waals surface area contributed by atoms with Gasteiger partial charge in [-0.1, -0.05) is 36.7 Å². The van der Waals surface area contributed by atoms with Crippen molar-refractivity contribution in [1.29, 1.82) is 0 Å². The Bertz CT molecular complexity index is 860. The second-order valence-electron chi connectivity index (χ2n) is 8.00. The second kappa shape index (κ2) is 11.9. The summed E-state index contributed by atoms with van der Waals surface area (Å²) in [5, 5.41) is 12.6. The Morgan fingerprint density at radius 2 is 1.90 bits per heavy atom. The Hall–Kier alpha value is -2.35. The number of nitrogens with zero attached hydrogens (tertiary/aromatic N) is 3. The highest BCUT2D eigenvalue weighted by Crippen LogP contribution is 2.33. The van der Waals surface area contributed by atoms with Crippen LogP contribution >= 0.6 is 11.8 Å². The average molecular weight is 445 g/mol. The van der Waals surface area contributed by atoms with E-state index in [9.17, 15) is 9.59 Å². The number of hydrogen-bond acceptors (Lipinski definition) is 6. The van der Waals surface area contributed by atoms with E-state index in [1.54, 1.807) is 18.7 Å². The van der Waals surface area contributed by atoms with E-state index < -0.39 is 0 Å². The van der Waals surface area contributed by atoms with Crippen molar-refractivity contribution in [2.24, 2.45) is 0 Å². The van der Waals surface area contributed by atoms with E-state index in [2.05, 4.69) is 20.1 Å². The number of nitrogens with one attached hydrogen (secondary N) is 1. The van der Waals surface area contributed by atoms with E-state index in [1.165, 1.54) is 25.7 Å². The van der Waals surface area contributed by atoms with Crippen LogP contribution in [0.2, 0.25) is 0 Å². The predicted octanol–water partition coefficient (Wildman–Crippen LogP) is 3.76. The van der Waals surface area contributed by atoms with Crippen LogP contribution in [-0.4, -0.2) is 45.9 Å². The highest BCUT2D eigenvalue weighted by molar-refractivity contribution is 7.98. The second-order valence-corrected chi connectivity index (χ2v) is 8.77. The van der Waals surface area contributed by atoms with Crippen LogP contribution in [0, 0.1) is 0 Å². The van der Waals surface area contributed by atoms with Crippen molar-refractivity contribution in [3.05, 3.63) is 35.7 Å². The van der Waals surface area contributed by atoms with Crippen LogP contribution in [0.1, 0.15) is 62.9 Å². The number of ether oxygens (including phenoxy) is 1. The number of carbonyl (C=O) groups excluding carboxylic acids is 2. The molecule has 2 aromatic rings. The largest absolute Gasteiger partial charge is 0.484 e. The molecule has 168 valence electrons. The molecular formula is C23H32N4O3S. The van der Waals surface area contributed by atoms with Gasteiger partial charge in [0.25, 0.3) is 5.91 Å². The van der Waals surface area contributed by atoms with E-state index in [0.717, 1.165) is 35.8 Å². The smallest absolute Gasteiger partial charge is 0.257 e. The van der Waals surface area contributed by atoms with Gasteiger partial charge < -0.3 is 19.4 Å². The minimum absolute atomic E-state index is 0.0122. The molecular weight excluding hydrogens is 412 g/mol. The molecule has 0 bridgehead atoms. The number of hydrogen-bond donors (Lipinski definition) is 1. The van der Waals surface area contributed by atoms with E-state index >= 15 is 0 Å². The third kappa shape index (κ3) is 7.09.